The van der Waals surface area contributed by atoms with E-state index >= 15 is 0 Å². The quantitative estimate of drug-likeness (QED) is 0.573. The highest BCUT2D eigenvalue weighted by atomic mass is 16.5. The molecule has 0 aliphatic heterocycles. The van der Waals surface area contributed by atoms with Crippen molar-refractivity contribution in [3.8, 4) is 17.2 Å². The fraction of sp³-hybridized carbons (Fsp3) is 0.150. The van der Waals surface area contributed by atoms with Crippen LogP contribution >= 0.6 is 0 Å². The second kappa shape index (κ2) is 6.62. The highest BCUT2D eigenvalue weighted by Crippen LogP contribution is 2.37. The first-order chi connectivity index (χ1) is 11.6. The van der Waals surface area contributed by atoms with Crippen molar-refractivity contribution in [3.05, 3.63) is 65.7 Å². The number of aromatic hydroxyl groups is 1. The lowest BCUT2D eigenvalue weighted by Gasteiger charge is -2.13. The lowest BCUT2D eigenvalue weighted by Crippen LogP contribution is -2.09. The molecule has 0 spiro atoms. The zero-order valence-electron chi connectivity index (χ0n) is 13.6. The van der Waals surface area contributed by atoms with Crippen molar-refractivity contribution in [1.29, 1.82) is 0 Å². The van der Waals surface area contributed by atoms with Gasteiger partial charge in [-0.05, 0) is 36.2 Å². The topological polar surface area (TPSA) is 55.8 Å². The molecule has 0 radical (unpaired) electrons. The van der Waals surface area contributed by atoms with Gasteiger partial charge in [0.05, 0.1) is 7.11 Å². The zero-order valence-corrected chi connectivity index (χ0v) is 13.6. The average Bonchev–Trinajstić information content (AvgIpc) is 2.62. The molecule has 0 fully saturated rings. The maximum Gasteiger partial charge on any atom is 0.347 e. The maximum absolute atomic E-state index is 12.4. The predicted octanol–water partition coefficient (Wildman–Crippen LogP) is 4.34. The molecule has 0 saturated carbocycles. The van der Waals surface area contributed by atoms with Crippen molar-refractivity contribution in [2.24, 2.45) is 0 Å². The van der Waals surface area contributed by atoms with Gasteiger partial charge >= 0.3 is 5.97 Å². The summed E-state index contributed by atoms with van der Waals surface area (Å²) in [5.74, 6) is 0.216. The summed E-state index contributed by atoms with van der Waals surface area (Å²) in [5.41, 5.74) is 1.20. The summed E-state index contributed by atoms with van der Waals surface area (Å²) in [6.45, 7) is 2.05. The Hall–Kier alpha value is -3.01. The van der Waals surface area contributed by atoms with Gasteiger partial charge in [0, 0.05) is 10.8 Å². The van der Waals surface area contributed by atoms with Crippen LogP contribution in [-0.2, 0) is 6.42 Å². The molecule has 0 aliphatic carbocycles. The van der Waals surface area contributed by atoms with E-state index in [1.54, 1.807) is 30.3 Å². The number of methoxy groups -OCH3 is 1. The smallest absolute Gasteiger partial charge is 0.347 e. The number of phenolic OH excluding ortho intramolecular Hbond substituents is 1. The number of fused-ring (bicyclic) bond motifs is 1. The second-order valence-electron chi connectivity index (χ2n) is 5.41. The number of hydrogen-bond donors (Lipinski definition) is 1. The molecule has 4 nitrogen and oxygen atoms in total. The number of aryl methyl sites for hydroxylation is 1. The van der Waals surface area contributed by atoms with Gasteiger partial charge in [0.1, 0.15) is 22.8 Å². The fourth-order valence-electron chi connectivity index (χ4n) is 2.62. The molecule has 4 heteroatoms. The molecule has 0 aliphatic rings. The van der Waals surface area contributed by atoms with E-state index in [0.717, 1.165) is 17.4 Å². The van der Waals surface area contributed by atoms with Crippen LogP contribution < -0.4 is 9.47 Å². The maximum atomic E-state index is 12.4. The van der Waals surface area contributed by atoms with Gasteiger partial charge in [-0.1, -0.05) is 37.3 Å². The molecule has 0 aromatic heterocycles. The average molecular weight is 322 g/mol. The summed E-state index contributed by atoms with van der Waals surface area (Å²) in [6.07, 6.45) is 0.873. The fourth-order valence-corrected chi connectivity index (χ4v) is 2.62. The van der Waals surface area contributed by atoms with Gasteiger partial charge in [0.2, 0.25) is 0 Å². The largest absolute Gasteiger partial charge is 0.506 e. The Morgan fingerprint density at radius 2 is 1.79 bits per heavy atom. The van der Waals surface area contributed by atoms with Gasteiger partial charge in [0.25, 0.3) is 0 Å². The van der Waals surface area contributed by atoms with Crippen LogP contribution in [0.15, 0.2) is 54.6 Å². The van der Waals surface area contributed by atoms with E-state index in [9.17, 15) is 9.90 Å². The molecule has 0 atom stereocenters. The van der Waals surface area contributed by atoms with Crippen molar-refractivity contribution in [3.63, 3.8) is 0 Å². The number of ether oxygens (including phenoxy) is 2. The molecule has 0 unspecified atom stereocenters. The van der Waals surface area contributed by atoms with Crippen molar-refractivity contribution in [2.45, 2.75) is 13.3 Å². The summed E-state index contributed by atoms with van der Waals surface area (Å²) in [6, 6.07) is 15.9. The van der Waals surface area contributed by atoms with E-state index < -0.39 is 5.97 Å². The molecule has 3 rings (SSSR count). The lowest BCUT2D eigenvalue weighted by atomic mass is 10.0. The molecule has 1 N–H and O–H groups in total. The standard InChI is InChI=1S/C20H18O4/c1-3-13-9-10-15-16(11-13)18(23-2)12-17(19(15)21)20(22)24-14-7-5-4-6-8-14/h4-12,21H,3H2,1-2H3. The van der Waals surface area contributed by atoms with Crippen LogP contribution in [-0.4, -0.2) is 18.2 Å². The van der Waals surface area contributed by atoms with Gasteiger partial charge in [-0.15, -0.1) is 0 Å². The van der Waals surface area contributed by atoms with E-state index in [1.165, 1.54) is 13.2 Å². The van der Waals surface area contributed by atoms with Crippen molar-refractivity contribution < 1.29 is 19.4 Å². The number of para-hydroxylation sites is 1. The van der Waals surface area contributed by atoms with E-state index in [0.29, 0.717) is 16.9 Å². The monoisotopic (exact) mass is 322 g/mol. The van der Waals surface area contributed by atoms with Crippen LogP contribution in [0.1, 0.15) is 22.8 Å². The lowest BCUT2D eigenvalue weighted by molar-refractivity contribution is 0.0731. The van der Waals surface area contributed by atoms with Crippen LogP contribution in [0.5, 0.6) is 17.2 Å². The highest BCUT2D eigenvalue weighted by Gasteiger charge is 2.19. The first-order valence-electron chi connectivity index (χ1n) is 7.74. The minimum absolute atomic E-state index is 0.0763. The number of carbonyl (C=O) groups is 1. The SMILES string of the molecule is CCc1ccc2c(O)c(C(=O)Oc3ccccc3)cc(OC)c2c1. The predicted molar refractivity (Wildman–Crippen MR) is 92.9 cm³/mol. The van der Waals surface area contributed by atoms with E-state index in [1.807, 2.05) is 18.2 Å². The van der Waals surface area contributed by atoms with Crippen LogP contribution in [0.3, 0.4) is 0 Å². The van der Waals surface area contributed by atoms with Crippen molar-refractivity contribution in [1.82, 2.24) is 0 Å². The first kappa shape index (κ1) is 15.9. The summed E-state index contributed by atoms with van der Waals surface area (Å²) in [4.78, 5) is 12.4. The van der Waals surface area contributed by atoms with E-state index in [4.69, 9.17) is 9.47 Å². The summed E-state index contributed by atoms with van der Waals surface area (Å²) in [5, 5.41) is 11.9. The summed E-state index contributed by atoms with van der Waals surface area (Å²) in [7, 11) is 1.54. The molecule has 0 bridgehead atoms. The minimum atomic E-state index is -0.626. The zero-order chi connectivity index (χ0) is 17.1. The second-order valence-corrected chi connectivity index (χ2v) is 5.41. The molecule has 0 saturated heterocycles. The van der Waals surface area contributed by atoms with Crippen LogP contribution in [0.4, 0.5) is 0 Å². The highest BCUT2D eigenvalue weighted by molar-refractivity contribution is 6.04. The number of benzene rings is 3. The van der Waals surface area contributed by atoms with E-state index in [-0.39, 0.29) is 11.3 Å². The third-order valence-corrected chi connectivity index (χ3v) is 3.94. The number of phenols is 1. The van der Waals surface area contributed by atoms with Crippen LogP contribution in [0.2, 0.25) is 0 Å². The Morgan fingerprint density at radius 3 is 2.46 bits per heavy atom. The first-order valence-corrected chi connectivity index (χ1v) is 7.74. The molecule has 0 amide bonds. The minimum Gasteiger partial charge on any atom is -0.506 e. The number of hydrogen-bond acceptors (Lipinski definition) is 4. The Morgan fingerprint density at radius 1 is 1.04 bits per heavy atom. The molecular weight excluding hydrogens is 304 g/mol. The number of esters is 1. The normalized spacial score (nSPS) is 10.6. The Bertz CT molecular complexity index is 885. The van der Waals surface area contributed by atoms with Crippen molar-refractivity contribution in [2.75, 3.05) is 7.11 Å². The van der Waals surface area contributed by atoms with Gasteiger partial charge in [-0.25, -0.2) is 4.79 Å². The molecule has 24 heavy (non-hydrogen) atoms. The molecule has 3 aromatic carbocycles. The summed E-state index contributed by atoms with van der Waals surface area (Å²) < 4.78 is 10.7. The molecule has 0 heterocycles. The Kier molecular flexibility index (Phi) is 4.38. The third-order valence-electron chi connectivity index (χ3n) is 3.94. The summed E-state index contributed by atoms with van der Waals surface area (Å²) >= 11 is 0. The molecule has 122 valence electrons. The number of rotatable bonds is 4. The van der Waals surface area contributed by atoms with E-state index in [2.05, 4.69) is 6.92 Å². The van der Waals surface area contributed by atoms with Crippen LogP contribution in [0, 0.1) is 0 Å². The molecule has 3 aromatic rings. The van der Waals surface area contributed by atoms with Gasteiger partial charge in [-0.2, -0.15) is 0 Å². The Balaban J connectivity index is 2.08. The Labute approximate surface area is 140 Å². The van der Waals surface area contributed by atoms with Crippen LogP contribution in [0.25, 0.3) is 10.8 Å². The van der Waals surface area contributed by atoms with Crippen molar-refractivity contribution >= 4 is 16.7 Å². The van der Waals surface area contributed by atoms with Gasteiger partial charge in [0.15, 0.2) is 0 Å². The molecular formula is C20H18O4. The van der Waals surface area contributed by atoms with Gasteiger partial charge < -0.3 is 14.6 Å². The number of carbonyl (C=O) groups excluding carboxylic acids is 1. The third kappa shape index (κ3) is 2.91. The van der Waals surface area contributed by atoms with Gasteiger partial charge in [-0.3, -0.25) is 0 Å².